The largest absolute Gasteiger partial charge is 1.00 e. The van der Waals surface area contributed by atoms with Gasteiger partial charge in [0.2, 0.25) is 0 Å². The zero-order valence-electron chi connectivity index (χ0n) is 18.0. The molecule has 4 N–H and O–H groups in total. The molecule has 168 valence electrons. The molecule has 0 fully saturated rings. The van der Waals surface area contributed by atoms with Crippen molar-refractivity contribution in [3.63, 3.8) is 0 Å². The standard InChI is InChI=1S/C16H16O5S.C4H7NO4.Na/c1-9-8-13(10(2)11(3)15(9)17)16(18)12-6-4-5-7-14(12)22(19,20)21;6-3(7)1-5-2-4(8)9;/h4-8,17H,1-3H3,(H,19,20,21);5H,1-2H2,(H,6,7)(H,8,9);/q;;+1/p-1. The molecular weight excluding hydrogens is 453 g/mol. The minimum atomic E-state index is -4.75. The number of aromatic hydroxyl groups is 1. The third-order valence-corrected chi connectivity index (χ3v) is 5.15. The van der Waals surface area contributed by atoms with Gasteiger partial charge < -0.3 is 19.9 Å². The number of carboxylic acids is 2. The Morgan fingerprint density at radius 2 is 1.44 bits per heavy atom. The van der Waals surface area contributed by atoms with Crippen molar-refractivity contribution in [2.24, 2.45) is 0 Å². The maximum Gasteiger partial charge on any atom is 1.00 e. The van der Waals surface area contributed by atoms with Gasteiger partial charge in [0.05, 0.1) is 18.0 Å². The number of carbonyl (C=O) groups is 3. The predicted molar refractivity (Wildman–Crippen MR) is 108 cm³/mol. The zero-order chi connectivity index (χ0) is 23.9. The van der Waals surface area contributed by atoms with E-state index >= 15 is 0 Å². The molecule has 0 spiro atoms. The topological polar surface area (TPSA) is 181 Å². The van der Waals surface area contributed by atoms with Crippen molar-refractivity contribution in [3.05, 3.63) is 58.1 Å². The summed E-state index contributed by atoms with van der Waals surface area (Å²) in [6, 6.07) is 6.81. The Bertz CT molecular complexity index is 1100. The molecule has 0 saturated heterocycles. The van der Waals surface area contributed by atoms with Crippen LogP contribution < -0.4 is 34.9 Å². The SMILES string of the molecule is Cc1cc(C(=O)c2ccccc2S(=O)(=O)[O-])c(C)c(C)c1O.O=C(O)CNCC(=O)O.[Na+]. The fourth-order valence-electron chi connectivity index (χ4n) is 2.60. The van der Waals surface area contributed by atoms with Crippen LogP contribution in [0.3, 0.4) is 0 Å². The monoisotopic (exact) mass is 475 g/mol. The first-order valence-electron chi connectivity index (χ1n) is 8.81. The predicted octanol–water partition coefficient (Wildman–Crippen LogP) is -1.80. The summed E-state index contributed by atoms with van der Waals surface area (Å²) >= 11 is 0. The van der Waals surface area contributed by atoms with E-state index in [1.807, 2.05) is 0 Å². The molecule has 0 aliphatic carbocycles. The second kappa shape index (κ2) is 12.7. The summed E-state index contributed by atoms with van der Waals surface area (Å²) in [5, 5.41) is 28.0. The van der Waals surface area contributed by atoms with Gasteiger partial charge in [0.25, 0.3) is 0 Å². The molecule has 0 amide bonds. The summed E-state index contributed by atoms with van der Waals surface area (Å²) in [6.07, 6.45) is 0. The van der Waals surface area contributed by atoms with E-state index in [2.05, 4.69) is 5.32 Å². The number of carbonyl (C=O) groups excluding carboxylic acids is 1. The first kappa shape index (κ1) is 29.7. The molecule has 2 rings (SSSR count). The molecule has 32 heavy (non-hydrogen) atoms. The molecule has 0 bridgehead atoms. The van der Waals surface area contributed by atoms with Crippen LogP contribution in [0.15, 0.2) is 35.2 Å². The zero-order valence-corrected chi connectivity index (χ0v) is 20.8. The average molecular weight is 475 g/mol. The molecule has 0 heterocycles. The van der Waals surface area contributed by atoms with Gasteiger partial charge in [-0.1, -0.05) is 12.1 Å². The van der Waals surface area contributed by atoms with E-state index in [9.17, 15) is 32.5 Å². The number of carboxylic acid groups (broad SMARTS) is 2. The number of aliphatic carboxylic acids is 2. The molecule has 2 aromatic rings. The Hall–Kier alpha value is -2.28. The molecule has 0 atom stereocenters. The van der Waals surface area contributed by atoms with Gasteiger partial charge in [-0.3, -0.25) is 19.7 Å². The Balaban J connectivity index is 0.000000821. The third kappa shape index (κ3) is 8.34. The Labute approximate surface area is 207 Å². The minimum absolute atomic E-state index is 0. The van der Waals surface area contributed by atoms with Gasteiger partial charge >= 0.3 is 41.5 Å². The number of benzene rings is 2. The molecule has 0 aliphatic rings. The van der Waals surface area contributed by atoms with E-state index < -0.39 is 32.7 Å². The maximum absolute atomic E-state index is 12.7. The van der Waals surface area contributed by atoms with E-state index in [0.29, 0.717) is 16.7 Å². The fraction of sp³-hybridized carbons (Fsp3) is 0.250. The number of phenols is 1. The summed E-state index contributed by atoms with van der Waals surface area (Å²) in [7, 11) is -4.75. The van der Waals surface area contributed by atoms with Crippen LogP contribution in [-0.4, -0.2) is 59.1 Å². The van der Waals surface area contributed by atoms with Crippen LogP contribution in [0.5, 0.6) is 5.75 Å². The maximum atomic E-state index is 12.7. The minimum Gasteiger partial charge on any atom is -0.744 e. The summed E-state index contributed by atoms with van der Waals surface area (Å²) < 4.78 is 33.9. The Morgan fingerprint density at radius 1 is 0.938 bits per heavy atom. The Morgan fingerprint density at radius 3 is 1.91 bits per heavy atom. The average Bonchev–Trinajstić information content (AvgIpc) is 2.68. The van der Waals surface area contributed by atoms with E-state index in [-0.39, 0.29) is 59.5 Å². The van der Waals surface area contributed by atoms with Gasteiger partial charge in [-0.25, -0.2) is 8.42 Å². The summed E-state index contributed by atoms with van der Waals surface area (Å²) in [5.41, 5.74) is 1.71. The first-order valence-corrected chi connectivity index (χ1v) is 10.2. The first-order chi connectivity index (χ1) is 14.3. The van der Waals surface area contributed by atoms with Crippen molar-refractivity contribution in [3.8, 4) is 5.75 Å². The summed E-state index contributed by atoms with van der Waals surface area (Å²) in [6.45, 7) is 4.36. The molecule has 0 aliphatic heterocycles. The van der Waals surface area contributed by atoms with E-state index in [1.165, 1.54) is 24.3 Å². The molecule has 0 saturated carbocycles. The normalized spacial score (nSPS) is 10.4. The van der Waals surface area contributed by atoms with Crippen molar-refractivity contribution in [1.29, 1.82) is 0 Å². The van der Waals surface area contributed by atoms with Crippen LogP contribution in [0.25, 0.3) is 0 Å². The van der Waals surface area contributed by atoms with E-state index in [0.717, 1.165) is 6.07 Å². The van der Waals surface area contributed by atoms with Gasteiger partial charge in [0.1, 0.15) is 15.9 Å². The second-order valence-corrected chi connectivity index (χ2v) is 7.86. The van der Waals surface area contributed by atoms with Gasteiger partial charge in [0, 0.05) is 11.1 Å². The van der Waals surface area contributed by atoms with Gasteiger partial charge in [-0.05, 0) is 55.7 Å². The molecule has 0 radical (unpaired) electrons. The van der Waals surface area contributed by atoms with Crippen LogP contribution in [0.4, 0.5) is 0 Å². The van der Waals surface area contributed by atoms with Crippen molar-refractivity contribution < 1.29 is 72.2 Å². The van der Waals surface area contributed by atoms with Crippen molar-refractivity contribution in [2.45, 2.75) is 25.7 Å². The number of hydrogen-bond donors (Lipinski definition) is 4. The Kier molecular flexibility index (Phi) is 11.8. The van der Waals surface area contributed by atoms with Crippen molar-refractivity contribution >= 4 is 27.8 Å². The molecule has 10 nitrogen and oxygen atoms in total. The number of hydrogen-bond acceptors (Lipinski definition) is 8. The van der Waals surface area contributed by atoms with Crippen molar-refractivity contribution in [2.75, 3.05) is 13.1 Å². The van der Waals surface area contributed by atoms with Crippen LogP contribution in [-0.2, 0) is 19.7 Å². The second-order valence-electron chi connectivity index (χ2n) is 6.51. The number of phenolic OH excluding ortho intramolecular Hbond substituents is 1. The van der Waals surface area contributed by atoms with Gasteiger partial charge in [-0.15, -0.1) is 0 Å². The van der Waals surface area contributed by atoms with Crippen LogP contribution in [0, 0.1) is 20.8 Å². The fourth-order valence-corrected chi connectivity index (χ4v) is 3.27. The number of nitrogens with one attached hydrogen (secondary N) is 1. The van der Waals surface area contributed by atoms with Gasteiger partial charge in [0.15, 0.2) is 5.78 Å². The van der Waals surface area contributed by atoms with Gasteiger partial charge in [-0.2, -0.15) is 0 Å². The smallest absolute Gasteiger partial charge is 0.744 e. The third-order valence-electron chi connectivity index (χ3n) is 4.25. The number of aryl methyl sites for hydroxylation is 1. The number of rotatable bonds is 7. The van der Waals surface area contributed by atoms with Crippen LogP contribution in [0.2, 0.25) is 0 Å². The number of ketones is 1. The summed E-state index contributed by atoms with van der Waals surface area (Å²) in [5.74, 6) is -2.58. The van der Waals surface area contributed by atoms with E-state index in [4.69, 9.17) is 10.2 Å². The molecule has 12 heteroatoms. The van der Waals surface area contributed by atoms with E-state index in [1.54, 1.807) is 20.8 Å². The van der Waals surface area contributed by atoms with Crippen LogP contribution in [0.1, 0.15) is 32.6 Å². The molecule has 2 aromatic carbocycles. The summed E-state index contributed by atoms with van der Waals surface area (Å²) in [4.78, 5) is 31.6. The molecule has 0 unspecified atom stereocenters. The van der Waals surface area contributed by atoms with Crippen molar-refractivity contribution in [1.82, 2.24) is 5.32 Å². The quantitative estimate of drug-likeness (QED) is 0.203. The molecular formula is C20H22NNaO9S. The van der Waals surface area contributed by atoms with Crippen LogP contribution >= 0.6 is 0 Å². The molecule has 0 aromatic heterocycles.